The van der Waals surface area contributed by atoms with E-state index in [1.165, 1.54) is 0 Å². The predicted octanol–water partition coefficient (Wildman–Crippen LogP) is 2.72. The van der Waals surface area contributed by atoms with Crippen molar-refractivity contribution in [3.8, 4) is 0 Å². The average molecular weight is 645 g/mol. The Morgan fingerprint density at radius 3 is 2.64 bits per heavy atom. The number of likely N-dealkylation sites (N-methyl/N-ethyl adjacent to an activating group) is 1. The number of alkyl carbamates (subject to hydrolysis) is 1. The summed E-state index contributed by atoms with van der Waals surface area (Å²) in [5, 5.41) is 14.4. The van der Waals surface area contributed by atoms with Gasteiger partial charge in [0.2, 0.25) is 0 Å². The first-order valence-electron chi connectivity index (χ1n) is 15.9. The monoisotopic (exact) mass is 644 g/mol. The zero-order valence-corrected chi connectivity index (χ0v) is 26.5. The normalized spacial score (nSPS) is 25.5. The van der Waals surface area contributed by atoms with E-state index in [1.54, 1.807) is 18.2 Å². The number of aliphatic hydroxyl groups is 1. The van der Waals surface area contributed by atoms with Gasteiger partial charge >= 0.3 is 6.09 Å². The number of hydrogen-bond acceptors (Lipinski definition) is 10. The van der Waals surface area contributed by atoms with Crippen molar-refractivity contribution in [3.63, 3.8) is 0 Å². The molecule has 0 bridgehead atoms. The van der Waals surface area contributed by atoms with Gasteiger partial charge in [0, 0.05) is 18.8 Å². The molecule has 13 heteroatoms. The highest BCUT2D eigenvalue weighted by Gasteiger charge is 2.44. The topological polar surface area (TPSA) is 130 Å². The number of anilines is 1. The van der Waals surface area contributed by atoms with Crippen LogP contribution in [0.4, 0.5) is 10.5 Å². The molecule has 4 aliphatic rings. The number of hydrogen-bond donors (Lipinski definition) is 2. The second-order valence-corrected chi connectivity index (χ2v) is 14.3. The lowest BCUT2D eigenvalue weighted by Crippen LogP contribution is -2.51. The zero-order chi connectivity index (χ0) is 31.4. The Morgan fingerprint density at radius 1 is 1.09 bits per heavy atom. The highest BCUT2D eigenvalue weighted by molar-refractivity contribution is 7.89. The Hall–Kier alpha value is -2.78. The van der Waals surface area contributed by atoms with Crippen molar-refractivity contribution in [2.24, 2.45) is 5.92 Å². The Bertz CT molecular complexity index is 1390. The molecule has 1 aliphatic carbocycles. The minimum absolute atomic E-state index is 0.0367. The number of carbonyl (C=O) groups excluding carboxylic acids is 1. The summed E-state index contributed by atoms with van der Waals surface area (Å²) >= 11 is 0. The fraction of sp³-hybridized carbons (Fsp3) is 0.594. The van der Waals surface area contributed by atoms with Crippen LogP contribution in [-0.4, -0.2) is 106 Å². The number of hydroxylamine groups is 1. The minimum atomic E-state index is -4.18. The average Bonchev–Trinajstić information content (AvgIpc) is 3.85. The number of benzene rings is 2. The fourth-order valence-electron chi connectivity index (χ4n) is 6.55. The van der Waals surface area contributed by atoms with Gasteiger partial charge < -0.3 is 29.5 Å². The first-order valence-corrected chi connectivity index (χ1v) is 17.4. The van der Waals surface area contributed by atoms with Gasteiger partial charge in [0.05, 0.1) is 55.5 Å². The van der Waals surface area contributed by atoms with Crippen LogP contribution in [0.2, 0.25) is 0 Å². The van der Waals surface area contributed by atoms with Crippen LogP contribution in [0.5, 0.6) is 0 Å². The molecule has 0 unspecified atom stereocenters. The van der Waals surface area contributed by atoms with Crippen molar-refractivity contribution in [2.45, 2.75) is 74.1 Å². The van der Waals surface area contributed by atoms with Gasteiger partial charge in [0.15, 0.2) is 6.29 Å². The Balaban J connectivity index is 1.21. The Labute approximate surface area is 265 Å². The van der Waals surface area contributed by atoms with Crippen LogP contribution < -0.4 is 10.2 Å². The summed E-state index contributed by atoms with van der Waals surface area (Å²) in [7, 11) is -2.15. The Kier molecular flexibility index (Phi) is 10.2. The lowest BCUT2D eigenvalue weighted by molar-refractivity contribution is -0.145. The number of sulfonamides is 1. The zero-order valence-electron chi connectivity index (χ0n) is 25.7. The largest absolute Gasteiger partial charge is 0.443 e. The quantitative estimate of drug-likeness (QED) is 0.333. The first-order chi connectivity index (χ1) is 21.8. The summed E-state index contributed by atoms with van der Waals surface area (Å²) in [6, 6.07) is 15.4. The molecule has 3 aliphatic heterocycles. The SMILES string of the molecule is CN1CCN(c2cccc(S(=O)(=O)N(C[C@@H](O)[C@H](Cc3ccccc3)NC(=O)O[C@H]3CO[C@H]4OCC[C@H]43)OC3CCCC3)c2)C1. The number of nitrogens with one attached hydrogen (secondary N) is 1. The summed E-state index contributed by atoms with van der Waals surface area (Å²) in [4.78, 5) is 23.7. The summed E-state index contributed by atoms with van der Waals surface area (Å²) in [5.41, 5.74) is 1.67. The van der Waals surface area contributed by atoms with Crippen LogP contribution in [0, 0.1) is 5.92 Å². The number of nitrogens with zero attached hydrogens (tertiary/aromatic N) is 3. The molecule has 2 aromatic carbocycles. The molecule has 246 valence electrons. The smallest absolute Gasteiger partial charge is 0.407 e. The molecule has 0 aromatic heterocycles. The molecule has 5 atom stereocenters. The van der Waals surface area contributed by atoms with Gasteiger partial charge in [-0.1, -0.05) is 53.7 Å². The highest BCUT2D eigenvalue weighted by Crippen LogP contribution is 2.33. The molecule has 1 saturated carbocycles. The van der Waals surface area contributed by atoms with Crippen molar-refractivity contribution in [1.82, 2.24) is 14.7 Å². The summed E-state index contributed by atoms with van der Waals surface area (Å²) in [6.45, 7) is 2.80. The third-order valence-electron chi connectivity index (χ3n) is 9.13. The van der Waals surface area contributed by atoms with Gasteiger partial charge in [-0.05, 0) is 56.5 Å². The van der Waals surface area contributed by atoms with Crippen molar-refractivity contribution in [3.05, 3.63) is 60.2 Å². The van der Waals surface area contributed by atoms with Crippen LogP contribution in [0.3, 0.4) is 0 Å². The van der Waals surface area contributed by atoms with Crippen LogP contribution in [0.15, 0.2) is 59.5 Å². The molecule has 6 rings (SSSR count). The van der Waals surface area contributed by atoms with E-state index in [1.807, 2.05) is 43.4 Å². The van der Waals surface area contributed by atoms with Crippen molar-refractivity contribution in [2.75, 3.05) is 51.5 Å². The fourth-order valence-corrected chi connectivity index (χ4v) is 7.89. The lowest BCUT2D eigenvalue weighted by Gasteiger charge is -2.31. The lowest BCUT2D eigenvalue weighted by atomic mass is 10.0. The van der Waals surface area contributed by atoms with Crippen LogP contribution in [0.1, 0.15) is 37.7 Å². The van der Waals surface area contributed by atoms with Crippen LogP contribution in [0.25, 0.3) is 0 Å². The number of rotatable bonds is 12. The van der Waals surface area contributed by atoms with Crippen molar-refractivity contribution in [1.29, 1.82) is 0 Å². The maximum atomic E-state index is 14.1. The minimum Gasteiger partial charge on any atom is -0.443 e. The molecule has 1 amide bonds. The molecule has 0 radical (unpaired) electrons. The van der Waals surface area contributed by atoms with Crippen LogP contribution >= 0.6 is 0 Å². The molecular weight excluding hydrogens is 600 g/mol. The van der Waals surface area contributed by atoms with Crippen molar-refractivity contribution >= 4 is 21.8 Å². The maximum Gasteiger partial charge on any atom is 0.407 e. The third kappa shape index (κ3) is 7.79. The van der Waals surface area contributed by atoms with Gasteiger partial charge in [-0.25, -0.2) is 13.2 Å². The third-order valence-corrected chi connectivity index (χ3v) is 10.7. The van der Waals surface area contributed by atoms with Crippen molar-refractivity contribution < 1.29 is 37.4 Å². The van der Waals surface area contributed by atoms with E-state index in [0.29, 0.717) is 13.3 Å². The molecule has 2 N–H and O–H groups in total. The molecular formula is C32H44N4O8S. The maximum absolute atomic E-state index is 14.1. The number of ether oxygens (including phenoxy) is 3. The van der Waals surface area contributed by atoms with E-state index in [0.717, 1.165) is 60.9 Å². The summed E-state index contributed by atoms with van der Waals surface area (Å²) in [6.07, 6.45) is 1.21. The van der Waals surface area contributed by atoms with E-state index in [2.05, 4.69) is 15.1 Å². The van der Waals surface area contributed by atoms with Crippen LogP contribution in [-0.2, 0) is 35.5 Å². The van der Waals surface area contributed by atoms with E-state index in [4.69, 9.17) is 19.0 Å². The number of carbonyl (C=O) groups is 1. The summed E-state index contributed by atoms with van der Waals surface area (Å²) < 4.78 is 46.1. The van der Waals surface area contributed by atoms with Gasteiger partial charge in [-0.3, -0.25) is 9.74 Å². The Morgan fingerprint density at radius 2 is 1.89 bits per heavy atom. The predicted molar refractivity (Wildman–Crippen MR) is 166 cm³/mol. The number of amides is 1. The van der Waals surface area contributed by atoms with Gasteiger partial charge in [0.1, 0.15) is 6.10 Å². The van der Waals surface area contributed by atoms with Gasteiger partial charge in [0.25, 0.3) is 10.0 Å². The second kappa shape index (κ2) is 14.3. The van der Waals surface area contributed by atoms with Gasteiger partial charge in [-0.2, -0.15) is 0 Å². The highest BCUT2D eigenvalue weighted by atomic mass is 32.2. The van der Waals surface area contributed by atoms with E-state index in [-0.39, 0.29) is 42.8 Å². The summed E-state index contributed by atoms with van der Waals surface area (Å²) in [5.74, 6) is -0.0367. The molecule has 3 saturated heterocycles. The molecule has 3 heterocycles. The van der Waals surface area contributed by atoms with E-state index < -0.39 is 34.4 Å². The van der Waals surface area contributed by atoms with E-state index in [9.17, 15) is 18.3 Å². The molecule has 4 fully saturated rings. The molecule has 45 heavy (non-hydrogen) atoms. The first kappa shape index (κ1) is 32.2. The molecule has 12 nitrogen and oxygen atoms in total. The molecule has 2 aromatic rings. The molecule has 0 spiro atoms. The van der Waals surface area contributed by atoms with E-state index >= 15 is 0 Å². The second-order valence-electron chi connectivity index (χ2n) is 12.5. The standard InChI is InChI=1S/C32H44N4O8S/c1-34-15-16-35(22-34)24-10-7-13-26(19-24)45(39,40)36(44-25-11-5-6-12-25)20-29(37)28(18-23-8-3-2-4-9-23)33-32(38)43-30-21-42-31-27(30)14-17-41-31/h2-4,7-10,13,19,25,27-31,37H,5-6,11-12,14-18,20-22H2,1H3,(H,33,38)/t27-,28-,29+,30-,31+/m0/s1. The van der Waals surface area contributed by atoms with Gasteiger partial charge in [-0.15, -0.1) is 0 Å². The number of fused-ring (bicyclic) bond motifs is 1. The number of aliphatic hydroxyl groups excluding tert-OH is 1.